The zero-order chi connectivity index (χ0) is 28.5. The highest BCUT2D eigenvalue weighted by atomic mass is 32.1. The summed E-state index contributed by atoms with van der Waals surface area (Å²) in [6.45, 7) is 12.2. The van der Waals surface area contributed by atoms with E-state index < -0.39 is 17.7 Å². The summed E-state index contributed by atoms with van der Waals surface area (Å²) >= 11 is 1.37. The molecular weight excluding hydrogens is 520 g/mol. The van der Waals surface area contributed by atoms with Gasteiger partial charge >= 0.3 is 5.91 Å². The zero-order valence-electron chi connectivity index (χ0n) is 23.3. The second kappa shape index (κ2) is 9.13. The third-order valence-electron chi connectivity index (χ3n) is 7.49. The van der Waals surface area contributed by atoms with Crippen LogP contribution in [0.5, 0.6) is 0 Å². The Morgan fingerprint density at radius 2 is 1.70 bits per heavy atom. The number of benzene rings is 2. The summed E-state index contributed by atoms with van der Waals surface area (Å²) < 4.78 is 2.68. The summed E-state index contributed by atoms with van der Waals surface area (Å²) in [6, 6.07) is 16.6. The molecule has 1 unspecified atom stereocenters. The van der Waals surface area contributed by atoms with Crippen molar-refractivity contribution in [3.8, 4) is 0 Å². The van der Waals surface area contributed by atoms with Crippen LogP contribution in [0.4, 0.5) is 5.13 Å². The van der Waals surface area contributed by atoms with Gasteiger partial charge in [0.25, 0.3) is 5.78 Å². The summed E-state index contributed by atoms with van der Waals surface area (Å²) in [4.78, 5) is 38.3. The molecule has 7 nitrogen and oxygen atoms in total. The van der Waals surface area contributed by atoms with Crippen molar-refractivity contribution in [2.24, 2.45) is 0 Å². The fraction of sp³-hybridized carbons (Fsp3) is 0.250. The highest BCUT2D eigenvalue weighted by Crippen LogP contribution is 2.45. The second-order valence-corrected chi connectivity index (χ2v) is 12.4. The number of imidazole rings is 1. The van der Waals surface area contributed by atoms with Gasteiger partial charge in [-0.2, -0.15) is 0 Å². The Hall–Kier alpha value is -4.30. The van der Waals surface area contributed by atoms with Crippen LogP contribution >= 0.6 is 11.3 Å². The summed E-state index contributed by atoms with van der Waals surface area (Å²) in [5, 5.41) is 12.2. The SMILES string of the molecule is Cc1cc(C)c2nc(N3C(=O)C(=O)/C(=C(/O)c4c(C)nc5ccccn45)C3c3ccc(C(C)(C)C)cc3)sc2c1. The van der Waals surface area contributed by atoms with Crippen LogP contribution < -0.4 is 4.90 Å². The molecule has 1 N–H and O–H groups in total. The van der Waals surface area contributed by atoms with Crippen molar-refractivity contribution in [3.05, 3.63) is 100 Å². The number of aryl methyl sites for hydroxylation is 3. The molecule has 5 aromatic rings. The number of Topliss-reactive ketones (excluding diaryl/α,β-unsaturated/α-hetero) is 1. The number of hydrogen-bond donors (Lipinski definition) is 1. The van der Waals surface area contributed by atoms with E-state index in [4.69, 9.17) is 4.98 Å². The smallest absolute Gasteiger partial charge is 0.301 e. The first-order valence-electron chi connectivity index (χ1n) is 13.2. The Labute approximate surface area is 236 Å². The fourth-order valence-corrected chi connectivity index (χ4v) is 6.67. The van der Waals surface area contributed by atoms with Crippen LogP contribution in [0.3, 0.4) is 0 Å². The van der Waals surface area contributed by atoms with Gasteiger partial charge in [0.1, 0.15) is 11.3 Å². The summed E-state index contributed by atoms with van der Waals surface area (Å²) in [5.74, 6) is -1.72. The third kappa shape index (κ3) is 4.02. The molecule has 8 heteroatoms. The van der Waals surface area contributed by atoms with Crippen LogP contribution in [0.15, 0.2) is 66.4 Å². The standard InChI is InChI=1S/C32H30N4O3S/c1-17-15-18(2)25-22(16-17)40-31(34-25)36-27(20-10-12-21(13-11-20)32(4,5)6)24(29(38)30(36)39)28(37)26-19(3)33-23-9-7-8-14-35(23)26/h7-16,27,37H,1-6H3/b28-24+. The molecule has 0 aliphatic carbocycles. The molecule has 1 fully saturated rings. The number of thiazole rings is 1. The lowest BCUT2D eigenvalue weighted by molar-refractivity contribution is -0.132. The number of pyridine rings is 1. The number of ketones is 1. The van der Waals surface area contributed by atoms with Gasteiger partial charge in [-0.3, -0.25) is 18.9 Å². The van der Waals surface area contributed by atoms with Gasteiger partial charge in [0.05, 0.1) is 27.5 Å². The number of hydrogen-bond acceptors (Lipinski definition) is 6. The van der Waals surface area contributed by atoms with E-state index in [1.54, 1.807) is 17.5 Å². The molecule has 202 valence electrons. The van der Waals surface area contributed by atoms with E-state index in [1.807, 2.05) is 62.4 Å². The number of fused-ring (bicyclic) bond motifs is 2. The van der Waals surface area contributed by atoms with Crippen molar-refractivity contribution in [3.63, 3.8) is 0 Å². The molecule has 4 heterocycles. The Morgan fingerprint density at radius 1 is 0.975 bits per heavy atom. The van der Waals surface area contributed by atoms with Crippen LogP contribution in [-0.4, -0.2) is 31.2 Å². The normalized spacial score (nSPS) is 17.4. The van der Waals surface area contributed by atoms with Crippen molar-refractivity contribution in [1.82, 2.24) is 14.4 Å². The van der Waals surface area contributed by atoms with Gasteiger partial charge in [-0.1, -0.05) is 68.5 Å². The van der Waals surface area contributed by atoms with E-state index in [0.717, 1.165) is 26.9 Å². The maximum atomic E-state index is 13.8. The molecule has 3 aromatic heterocycles. The molecule has 0 saturated carbocycles. The summed E-state index contributed by atoms with van der Waals surface area (Å²) in [6.07, 6.45) is 1.78. The molecule has 1 amide bonds. The first-order chi connectivity index (χ1) is 19.0. The van der Waals surface area contributed by atoms with Gasteiger partial charge in [-0.25, -0.2) is 9.97 Å². The monoisotopic (exact) mass is 550 g/mol. The number of amides is 1. The first-order valence-corrected chi connectivity index (χ1v) is 14.0. The molecular formula is C32H30N4O3S. The molecule has 40 heavy (non-hydrogen) atoms. The number of carbonyl (C=O) groups is 2. The van der Waals surface area contributed by atoms with Gasteiger partial charge in [0.15, 0.2) is 10.9 Å². The molecule has 1 aliphatic rings. The lowest BCUT2D eigenvalue weighted by Crippen LogP contribution is -2.29. The van der Waals surface area contributed by atoms with Crippen LogP contribution in [0.25, 0.3) is 21.6 Å². The minimum absolute atomic E-state index is 0.0226. The zero-order valence-corrected chi connectivity index (χ0v) is 24.1. The first kappa shape index (κ1) is 26.0. The van der Waals surface area contributed by atoms with Crippen LogP contribution in [0.2, 0.25) is 0 Å². The number of aliphatic hydroxyl groups is 1. The van der Waals surface area contributed by atoms with Gasteiger partial charge < -0.3 is 5.11 Å². The number of nitrogens with zero attached hydrogens (tertiary/aromatic N) is 4. The molecule has 1 aliphatic heterocycles. The minimum Gasteiger partial charge on any atom is -0.505 e. The van der Waals surface area contributed by atoms with Gasteiger partial charge in [0.2, 0.25) is 0 Å². The lowest BCUT2D eigenvalue weighted by Gasteiger charge is -2.24. The second-order valence-electron chi connectivity index (χ2n) is 11.4. The van der Waals surface area contributed by atoms with E-state index in [-0.39, 0.29) is 16.7 Å². The predicted octanol–water partition coefficient (Wildman–Crippen LogP) is 6.79. The average molecular weight is 551 g/mol. The molecule has 1 saturated heterocycles. The van der Waals surface area contributed by atoms with E-state index in [1.165, 1.54) is 16.2 Å². The summed E-state index contributed by atoms with van der Waals surface area (Å²) in [5.41, 5.74) is 6.27. The largest absolute Gasteiger partial charge is 0.505 e. The Kier molecular flexibility index (Phi) is 5.92. The molecule has 2 aromatic carbocycles. The number of aromatic nitrogens is 3. The highest BCUT2D eigenvalue weighted by molar-refractivity contribution is 7.22. The van der Waals surface area contributed by atoms with Crippen LogP contribution in [0.1, 0.15) is 60.5 Å². The molecule has 0 spiro atoms. The van der Waals surface area contributed by atoms with Crippen molar-refractivity contribution >= 4 is 49.8 Å². The maximum absolute atomic E-state index is 13.8. The van der Waals surface area contributed by atoms with Gasteiger partial charge in [-0.15, -0.1) is 0 Å². The number of aliphatic hydroxyl groups excluding tert-OH is 1. The van der Waals surface area contributed by atoms with E-state index in [9.17, 15) is 14.7 Å². The van der Waals surface area contributed by atoms with Crippen LogP contribution in [-0.2, 0) is 15.0 Å². The van der Waals surface area contributed by atoms with Crippen molar-refractivity contribution in [2.75, 3.05) is 4.90 Å². The van der Waals surface area contributed by atoms with Gasteiger partial charge in [-0.05, 0) is 66.6 Å². The predicted molar refractivity (Wildman–Crippen MR) is 159 cm³/mol. The highest BCUT2D eigenvalue weighted by Gasteiger charge is 2.48. The third-order valence-corrected chi connectivity index (χ3v) is 8.49. The average Bonchev–Trinajstić information content (AvgIpc) is 3.54. The molecule has 6 rings (SSSR count). The molecule has 1 atom stereocenters. The minimum atomic E-state index is -0.857. The number of anilines is 1. The summed E-state index contributed by atoms with van der Waals surface area (Å²) in [7, 11) is 0. The number of rotatable bonds is 3. The lowest BCUT2D eigenvalue weighted by atomic mass is 9.85. The van der Waals surface area contributed by atoms with E-state index >= 15 is 0 Å². The van der Waals surface area contributed by atoms with Crippen molar-refractivity contribution < 1.29 is 14.7 Å². The molecule has 0 radical (unpaired) electrons. The Bertz CT molecular complexity index is 1870. The van der Waals surface area contributed by atoms with E-state index in [2.05, 4.69) is 31.8 Å². The Morgan fingerprint density at radius 3 is 2.40 bits per heavy atom. The van der Waals surface area contributed by atoms with Crippen molar-refractivity contribution in [1.29, 1.82) is 0 Å². The van der Waals surface area contributed by atoms with Crippen molar-refractivity contribution in [2.45, 2.75) is 53.0 Å². The van der Waals surface area contributed by atoms with Gasteiger partial charge in [0, 0.05) is 6.20 Å². The van der Waals surface area contributed by atoms with Crippen LogP contribution in [0, 0.1) is 20.8 Å². The topological polar surface area (TPSA) is 87.8 Å². The fourth-order valence-electron chi connectivity index (χ4n) is 5.50. The quantitative estimate of drug-likeness (QED) is 0.152. The maximum Gasteiger partial charge on any atom is 0.301 e. The molecule has 0 bridgehead atoms. The Balaban J connectivity index is 1.60. The van der Waals surface area contributed by atoms with E-state index in [0.29, 0.717) is 27.7 Å². The number of carbonyl (C=O) groups excluding carboxylic acids is 2.